The lowest BCUT2D eigenvalue weighted by molar-refractivity contribution is 0.767. The van der Waals surface area contributed by atoms with Crippen molar-refractivity contribution in [3.63, 3.8) is 0 Å². The molecule has 24 heavy (non-hydrogen) atoms. The van der Waals surface area contributed by atoms with E-state index in [-0.39, 0.29) is 0 Å². The van der Waals surface area contributed by atoms with E-state index in [9.17, 15) is 0 Å². The third kappa shape index (κ3) is 4.81. The fourth-order valence-corrected chi connectivity index (χ4v) is 2.90. The molecular formula is C18H15ClN4S. The molecule has 0 aliphatic heterocycles. The maximum atomic E-state index is 5.89. The van der Waals surface area contributed by atoms with Crippen LogP contribution in [-0.2, 0) is 5.75 Å². The summed E-state index contributed by atoms with van der Waals surface area (Å²) in [7, 11) is 0. The van der Waals surface area contributed by atoms with Gasteiger partial charge in [0.05, 0.1) is 0 Å². The van der Waals surface area contributed by atoms with Crippen LogP contribution in [0.3, 0.4) is 0 Å². The SMILES string of the molecule is Clc1ccc(CSc2nncn2/N=C/C=C\c2ccccc2)cc1. The maximum absolute atomic E-state index is 5.89. The topological polar surface area (TPSA) is 43.1 Å². The van der Waals surface area contributed by atoms with E-state index in [1.807, 2.05) is 66.7 Å². The van der Waals surface area contributed by atoms with Crippen LogP contribution in [0.15, 0.2) is 77.3 Å². The molecule has 6 heteroatoms. The Morgan fingerprint density at radius 2 is 1.88 bits per heavy atom. The van der Waals surface area contributed by atoms with Crippen LogP contribution in [0.25, 0.3) is 6.08 Å². The Hall–Kier alpha value is -2.37. The van der Waals surface area contributed by atoms with Gasteiger partial charge in [-0.05, 0) is 29.3 Å². The summed E-state index contributed by atoms with van der Waals surface area (Å²) in [6.07, 6.45) is 7.21. The normalized spacial score (nSPS) is 11.5. The number of allylic oxidation sites excluding steroid dienone is 1. The van der Waals surface area contributed by atoms with Gasteiger partial charge < -0.3 is 0 Å². The quantitative estimate of drug-likeness (QED) is 0.473. The zero-order chi connectivity index (χ0) is 16.6. The summed E-state index contributed by atoms with van der Waals surface area (Å²) in [6.45, 7) is 0. The zero-order valence-corrected chi connectivity index (χ0v) is 14.4. The standard InChI is InChI=1S/C18H15ClN4S/c19-17-10-8-16(9-11-17)13-24-18-22-20-14-23(18)21-12-4-7-15-5-2-1-3-6-15/h1-12,14H,13H2/b7-4-,21-12+. The van der Waals surface area contributed by atoms with Crippen molar-refractivity contribution in [3.8, 4) is 0 Å². The summed E-state index contributed by atoms with van der Waals surface area (Å²) >= 11 is 7.47. The van der Waals surface area contributed by atoms with Crippen LogP contribution >= 0.6 is 23.4 Å². The van der Waals surface area contributed by atoms with Gasteiger partial charge in [0.15, 0.2) is 0 Å². The molecule has 0 saturated carbocycles. The third-order valence-corrected chi connectivity index (χ3v) is 4.40. The molecule has 3 rings (SSSR count). The van der Waals surface area contributed by atoms with Gasteiger partial charge in [-0.25, -0.2) is 0 Å². The van der Waals surface area contributed by atoms with Crippen LogP contribution in [-0.4, -0.2) is 21.1 Å². The molecule has 3 aromatic rings. The van der Waals surface area contributed by atoms with Gasteiger partial charge in [0.2, 0.25) is 5.16 Å². The number of nitrogens with zero attached hydrogens (tertiary/aromatic N) is 4. The second kappa shape index (κ2) is 8.47. The maximum Gasteiger partial charge on any atom is 0.212 e. The molecule has 0 aliphatic rings. The average molecular weight is 355 g/mol. The molecule has 0 N–H and O–H groups in total. The minimum Gasteiger partial charge on any atom is -0.195 e. The Morgan fingerprint density at radius 3 is 2.67 bits per heavy atom. The van der Waals surface area contributed by atoms with E-state index in [0.717, 1.165) is 21.5 Å². The molecule has 0 spiro atoms. The summed E-state index contributed by atoms with van der Waals surface area (Å²) in [5.41, 5.74) is 2.30. The molecule has 0 amide bonds. The second-order valence-electron chi connectivity index (χ2n) is 4.91. The van der Waals surface area contributed by atoms with Crippen molar-refractivity contribution in [1.82, 2.24) is 14.9 Å². The average Bonchev–Trinajstić information content (AvgIpc) is 3.07. The van der Waals surface area contributed by atoms with Crippen LogP contribution in [0, 0.1) is 0 Å². The van der Waals surface area contributed by atoms with E-state index >= 15 is 0 Å². The van der Waals surface area contributed by atoms with Crippen LogP contribution in [0.1, 0.15) is 11.1 Å². The summed E-state index contributed by atoms with van der Waals surface area (Å²) in [6, 6.07) is 17.8. The number of aromatic nitrogens is 3. The molecule has 120 valence electrons. The first kappa shape index (κ1) is 16.5. The molecule has 0 bridgehead atoms. The number of halogens is 1. The van der Waals surface area contributed by atoms with E-state index in [1.54, 1.807) is 29.0 Å². The molecule has 1 aromatic heterocycles. The second-order valence-corrected chi connectivity index (χ2v) is 6.29. The highest BCUT2D eigenvalue weighted by Crippen LogP contribution is 2.21. The van der Waals surface area contributed by atoms with Crippen molar-refractivity contribution in [2.45, 2.75) is 10.9 Å². The van der Waals surface area contributed by atoms with Crippen LogP contribution in [0.5, 0.6) is 0 Å². The highest BCUT2D eigenvalue weighted by molar-refractivity contribution is 7.98. The monoisotopic (exact) mass is 354 g/mol. The third-order valence-electron chi connectivity index (χ3n) is 3.15. The van der Waals surface area contributed by atoms with Crippen molar-refractivity contribution < 1.29 is 0 Å². The van der Waals surface area contributed by atoms with Gasteiger partial charge in [0.1, 0.15) is 6.33 Å². The van der Waals surface area contributed by atoms with Gasteiger partial charge in [-0.2, -0.15) is 9.78 Å². The van der Waals surface area contributed by atoms with Crippen molar-refractivity contribution in [3.05, 3.63) is 83.2 Å². The van der Waals surface area contributed by atoms with Crippen LogP contribution < -0.4 is 0 Å². The molecule has 0 aliphatic carbocycles. The smallest absolute Gasteiger partial charge is 0.195 e. The highest BCUT2D eigenvalue weighted by atomic mass is 35.5. The number of benzene rings is 2. The van der Waals surface area contributed by atoms with Gasteiger partial charge in [-0.1, -0.05) is 71.9 Å². The van der Waals surface area contributed by atoms with Gasteiger partial charge in [0.25, 0.3) is 0 Å². The molecule has 4 nitrogen and oxygen atoms in total. The van der Waals surface area contributed by atoms with Gasteiger partial charge in [-0.15, -0.1) is 10.2 Å². The molecule has 0 fully saturated rings. The van der Waals surface area contributed by atoms with Crippen molar-refractivity contribution in [2.24, 2.45) is 5.10 Å². The molecule has 0 saturated heterocycles. The first-order valence-corrected chi connectivity index (χ1v) is 8.71. The predicted octanol–water partition coefficient (Wildman–Crippen LogP) is 4.77. The molecule has 0 radical (unpaired) electrons. The molecule has 1 heterocycles. The van der Waals surface area contributed by atoms with E-state index in [2.05, 4.69) is 15.3 Å². The summed E-state index contributed by atoms with van der Waals surface area (Å²) in [5.74, 6) is 0.783. The lowest BCUT2D eigenvalue weighted by Gasteiger charge is -2.01. The Morgan fingerprint density at radius 1 is 1.08 bits per heavy atom. The Kier molecular flexibility index (Phi) is 5.82. The van der Waals surface area contributed by atoms with Gasteiger partial charge >= 0.3 is 0 Å². The van der Waals surface area contributed by atoms with Crippen molar-refractivity contribution in [1.29, 1.82) is 0 Å². The molecule has 0 unspecified atom stereocenters. The fourth-order valence-electron chi connectivity index (χ4n) is 1.95. The van der Waals surface area contributed by atoms with E-state index < -0.39 is 0 Å². The Balaban J connectivity index is 1.59. The summed E-state index contributed by atoms with van der Waals surface area (Å²) < 4.78 is 1.66. The minimum atomic E-state index is 0.738. The largest absolute Gasteiger partial charge is 0.212 e. The van der Waals surface area contributed by atoms with E-state index in [0.29, 0.717) is 0 Å². The number of rotatable bonds is 6. The van der Waals surface area contributed by atoms with Crippen LogP contribution in [0.4, 0.5) is 0 Å². The zero-order valence-electron chi connectivity index (χ0n) is 12.8. The lowest BCUT2D eigenvalue weighted by Crippen LogP contribution is -1.91. The van der Waals surface area contributed by atoms with Crippen molar-refractivity contribution in [2.75, 3.05) is 0 Å². The van der Waals surface area contributed by atoms with Crippen LogP contribution in [0.2, 0.25) is 5.02 Å². The molecule has 0 atom stereocenters. The van der Waals surface area contributed by atoms with Crippen molar-refractivity contribution >= 4 is 35.7 Å². The predicted molar refractivity (Wildman–Crippen MR) is 100 cm³/mol. The number of hydrogen-bond acceptors (Lipinski definition) is 4. The van der Waals surface area contributed by atoms with Gasteiger partial charge in [-0.3, -0.25) is 0 Å². The first-order chi connectivity index (χ1) is 11.8. The first-order valence-electron chi connectivity index (χ1n) is 7.34. The Labute approximate surface area is 149 Å². The fraction of sp³-hybridized carbons (Fsp3) is 0.0556. The number of hydrogen-bond donors (Lipinski definition) is 0. The van der Waals surface area contributed by atoms with E-state index in [1.165, 1.54) is 5.56 Å². The number of thioether (sulfide) groups is 1. The van der Waals surface area contributed by atoms with Gasteiger partial charge in [0, 0.05) is 17.0 Å². The lowest BCUT2D eigenvalue weighted by atomic mass is 10.2. The molecule has 2 aromatic carbocycles. The summed E-state index contributed by atoms with van der Waals surface area (Å²) in [5, 5.41) is 13.8. The highest BCUT2D eigenvalue weighted by Gasteiger charge is 2.04. The summed E-state index contributed by atoms with van der Waals surface area (Å²) in [4.78, 5) is 0. The minimum absolute atomic E-state index is 0.738. The van der Waals surface area contributed by atoms with E-state index in [4.69, 9.17) is 11.6 Å². The molecular weight excluding hydrogens is 340 g/mol. The Bertz CT molecular complexity index is 826.